The van der Waals surface area contributed by atoms with E-state index in [1.165, 1.54) is 6.20 Å². The number of pyridine rings is 1. The summed E-state index contributed by atoms with van der Waals surface area (Å²) in [6.45, 7) is 14.6. The monoisotopic (exact) mass is 728 g/mol. The van der Waals surface area contributed by atoms with Crippen LogP contribution in [-0.2, 0) is 19.8 Å². The van der Waals surface area contributed by atoms with Crippen LogP contribution in [0, 0.1) is 25.2 Å². The second-order valence-electron chi connectivity index (χ2n) is 13.8. The van der Waals surface area contributed by atoms with Crippen LogP contribution < -0.4 is 24.8 Å². The molecule has 2 unspecified atom stereocenters. The van der Waals surface area contributed by atoms with Gasteiger partial charge in [-0.25, -0.2) is 0 Å². The number of rotatable bonds is 20. The maximum atomic E-state index is 9.96. The van der Waals surface area contributed by atoms with E-state index >= 15 is 0 Å². The molecule has 0 spiro atoms. The number of aliphatic hydroxyl groups excluding tert-OH is 2. The standard InChI is InChI=1S/C42H53ClN4O5/c1-7-41(5,27-48)46-16-11-17-50-38-15-10-14-36(30(38)4)35-13-9-12-33(29(35)3)26-52-40-20-39(51-25-32-18-31(21-44)22-45-23-32)34(19-37(40)43)24-47-42(6,8-2)28-49/h9-10,12-15,18-20,22-23,46-49H,7-8,11,16-17,24-28H2,1-6H3. The van der Waals surface area contributed by atoms with Gasteiger partial charge < -0.3 is 35.1 Å². The minimum Gasteiger partial charge on any atom is -0.493 e. The zero-order chi connectivity index (χ0) is 37.7. The highest BCUT2D eigenvalue weighted by Gasteiger charge is 2.22. The van der Waals surface area contributed by atoms with Crippen LogP contribution in [0.5, 0.6) is 17.2 Å². The normalized spacial score (nSPS) is 13.5. The lowest BCUT2D eigenvalue weighted by atomic mass is 9.93. The zero-order valence-electron chi connectivity index (χ0n) is 31.3. The Bertz CT molecular complexity index is 1820. The largest absolute Gasteiger partial charge is 0.493 e. The van der Waals surface area contributed by atoms with Gasteiger partial charge in [0.25, 0.3) is 0 Å². The Labute approximate surface area is 313 Å². The highest BCUT2D eigenvalue weighted by Crippen LogP contribution is 2.36. The van der Waals surface area contributed by atoms with E-state index in [0.717, 1.165) is 70.5 Å². The lowest BCUT2D eigenvalue weighted by Gasteiger charge is -2.28. The Morgan fingerprint density at radius 2 is 1.46 bits per heavy atom. The van der Waals surface area contributed by atoms with Crippen LogP contribution in [0.15, 0.2) is 67.0 Å². The van der Waals surface area contributed by atoms with Gasteiger partial charge in [-0.2, -0.15) is 5.26 Å². The SMILES string of the molecule is CCC(C)(CO)NCCCOc1cccc(-c2cccc(COc3cc(OCc4cncc(C#N)c4)c(CNC(C)(CC)CO)cc3Cl)c2C)c1C. The minimum absolute atomic E-state index is 0.0149. The number of hydrogen-bond acceptors (Lipinski definition) is 9. The molecule has 4 aromatic rings. The molecule has 0 saturated carbocycles. The summed E-state index contributed by atoms with van der Waals surface area (Å²) in [4.78, 5) is 4.15. The van der Waals surface area contributed by atoms with E-state index in [0.29, 0.717) is 35.2 Å². The quantitative estimate of drug-likeness (QED) is 0.0674. The third-order valence-electron chi connectivity index (χ3n) is 9.93. The van der Waals surface area contributed by atoms with Crippen LogP contribution in [0.3, 0.4) is 0 Å². The van der Waals surface area contributed by atoms with Crippen LogP contribution in [0.1, 0.15) is 80.3 Å². The number of nitrogens with one attached hydrogen (secondary N) is 2. The molecule has 9 nitrogen and oxygen atoms in total. The number of benzene rings is 3. The Morgan fingerprint density at radius 1 is 0.788 bits per heavy atom. The molecule has 0 aliphatic heterocycles. The second-order valence-corrected chi connectivity index (χ2v) is 14.2. The summed E-state index contributed by atoms with van der Waals surface area (Å²) in [6, 6.07) is 19.8. The van der Waals surface area contributed by atoms with E-state index < -0.39 is 5.54 Å². The summed E-state index contributed by atoms with van der Waals surface area (Å²) < 4.78 is 18.9. The molecule has 1 heterocycles. The summed E-state index contributed by atoms with van der Waals surface area (Å²) in [6.07, 6.45) is 5.60. The van der Waals surface area contributed by atoms with Gasteiger partial charge in [0.05, 0.1) is 30.4 Å². The maximum Gasteiger partial charge on any atom is 0.142 e. The van der Waals surface area contributed by atoms with E-state index in [4.69, 9.17) is 25.8 Å². The van der Waals surface area contributed by atoms with Crippen molar-refractivity contribution in [1.82, 2.24) is 15.6 Å². The van der Waals surface area contributed by atoms with Gasteiger partial charge >= 0.3 is 0 Å². The summed E-state index contributed by atoms with van der Waals surface area (Å²) in [7, 11) is 0. The van der Waals surface area contributed by atoms with Gasteiger partial charge in [-0.3, -0.25) is 4.98 Å². The number of nitriles is 1. The molecule has 0 aliphatic rings. The number of ether oxygens (including phenoxy) is 3. The number of nitrogens with zero attached hydrogens (tertiary/aromatic N) is 2. The van der Waals surface area contributed by atoms with E-state index in [1.54, 1.807) is 18.3 Å². The molecule has 0 aliphatic carbocycles. The molecule has 4 rings (SSSR count). The fraction of sp³-hybridized carbons (Fsp3) is 0.429. The van der Waals surface area contributed by atoms with Gasteiger partial charge in [0.2, 0.25) is 0 Å². The summed E-state index contributed by atoms with van der Waals surface area (Å²) in [5, 5.41) is 36.2. The highest BCUT2D eigenvalue weighted by molar-refractivity contribution is 6.32. The van der Waals surface area contributed by atoms with E-state index in [9.17, 15) is 15.5 Å². The summed E-state index contributed by atoms with van der Waals surface area (Å²) >= 11 is 6.81. The van der Waals surface area contributed by atoms with Crippen molar-refractivity contribution in [3.63, 3.8) is 0 Å². The van der Waals surface area contributed by atoms with Crippen molar-refractivity contribution in [1.29, 1.82) is 5.26 Å². The first-order chi connectivity index (χ1) is 25.0. The predicted octanol–water partition coefficient (Wildman–Crippen LogP) is 7.82. The van der Waals surface area contributed by atoms with Gasteiger partial charge in [-0.1, -0.05) is 55.8 Å². The molecule has 0 amide bonds. The van der Waals surface area contributed by atoms with Crippen LogP contribution in [0.2, 0.25) is 5.02 Å². The predicted molar refractivity (Wildman–Crippen MR) is 207 cm³/mol. The molecular formula is C42H53ClN4O5. The van der Waals surface area contributed by atoms with Crippen LogP contribution >= 0.6 is 11.6 Å². The lowest BCUT2D eigenvalue weighted by molar-refractivity contribution is 0.167. The molecule has 3 aromatic carbocycles. The van der Waals surface area contributed by atoms with Gasteiger partial charge in [0.15, 0.2) is 0 Å². The molecule has 4 N–H and O–H groups in total. The summed E-state index contributed by atoms with van der Waals surface area (Å²) in [5.41, 5.74) is 6.66. The van der Waals surface area contributed by atoms with E-state index in [-0.39, 0.29) is 32.0 Å². The molecule has 52 heavy (non-hydrogen) atoms. The third kappa shape index (κ3) is 10.7. The van der Waals surface area contributed by atoms with E-state index in [1.807, 2.05) is 45.0 Å². The van der Waals surface area contributed by atoms with Crippen LogP contribution in [0.25, 0.3) is 11.1 Å². The van der Waals surface area contributed by atoms with Crippen LogP contribution in [0.4, 0.5) is 0 Å². The molecule has 0 saturated heterocycles. The van der Waals surface area contributed by atoms with Gasteiger partial charge in [-0.15, -0.1) is 0 Å². The Hall–Kier alpha value is -4.17. The smallest absolute Gasteiger partial charge is 0.142 e. The van der Waals surface area contributed by atoms with Crippen molar-refractivity contribution in [2.24, 2.45) is 0 Å². The highest BCUT2D eigenvalue weighted by atomic mass is 35.5. The van der Waals surface area contributed by atoms with Crippen molar-refractivity contribution in [2.45, 2.75) is 91.6 Å². The van der Waals surface area contributed by atoms with Crippen molar-refractivity contribution >= 4 is 11.6 Å². The molecular weight excluding hydrogens is 676 g/mol. The number of halogens is 1. The Kier molecular flexibility index (Phi) is 14.9. The average Bonchev–Trinajstić information content (AvgIpc) is 3.17. The molecule has 278 valence electrons. The third-order valence-corrected chi connectivity index (χ3v) is 10.2. The van der Waals surface area contributed by atoms with Crippen molar-refractivity contribution in [3.05, 3.63) is 105 Å². The Balaban J connectivity index is 1.51. The fourth-order valence-electron chi connectivity index (χ4n) is 5.64. The average molecular weight is 729 g/mol. The van der Waals surface area contributed by atoms with Gasteiger partial charge in [0.1, 0.15) is 36.5 Å². The summed E-state index contributed by atoms with van der Waals surface area (Å²) in [5.74, 6) is 1.90. The van der Waals surface area contributed by atoms with Gasteiger partial charge in [0, 0.05) is 47.2 Å². The number of hydrogen-bond donors (Lipinski definition) is 4. The Morgan fingerprint density at radius 3 is 2.15 bits per heavy atom. The van der Waals surface area contributed by atoms with Crippen molar-refractivity contribution < 1.29 is 24.4 Å². The van der Waals surface area contributed by atoms with Crippen molar-refractivity contribution in [3.8, 4) is 34.4 Å². The maximum absolute atomic E-state index is 9.96. The van der Waals surface area contributed by atoms with Crippen LogP contribution in [-0.4, -0.2) is 52.6 Å². The topological polar surface area (TPSA) is 129 Å². The second kappa shape index (κ2) is 19.1. The molecule has 1 aromatic heterocycles. The first-order valence-electron chi connectivity index (χ1n) is 17.9. The first-order valence-corrected chi connectivity index (χ1v) is 18.3. The number of aliphatic hydroxyl groups is 2. The van der Waals surface area contributed by atoms with E-state index in [2.05, 4.69) is 60.7 Å². The van der Waals surface area contributed by atoms with Crippen molar-refractivity contribution in [2.75, 3.05) is 26.4 Å². The molecule has 0 fully saturated rings. The lowest BCUT2D eigenvalue weighted by Crippen LogP contribution is -2.45. The number of aromatic nitrogens is 1. The molecule has 0 radical (unpaired) electrons. The molecule has 0 bridgehead atoms. The van der Waals surface area contributed by atoms with Gasteiger partial charge in [-0.05, 0) is 99.5 Å². The first kappa shape index (κ1) is 40.6. The zero-order valence-corrected chi connectivity index (χ0v) is 32.1. The molecule has 2 atom stereocenters. The minimum atomic E-state index is -0.467. The molecule has 10 heteroatoms. The fourth-order valence-corrected chi connectivity index (χ4v) is 5.88.